The number of aliphatic hydroxyl groups is 1. The third-order valence-electron chi connectivity index (χ3n) is 8.61. The molecule has 1 aliphatic heterocycles. The highest BCUT2D eigenvalue weighted by Crippen LogP contribution is 2.49. The lowest BCUT2D eigenvalue weighted by molar-refractivity contribution is 0.0987. The monoisotopic (exact) mass is 459 g/mol. The van der Waals surface area contributed by atoms with Crippen molar-refractivity contribution in [3.05, 3.63) is 58.7 Å². The standard InChI is InChI=1S/C29H37N3O2/c1-2-34-29-31-27(23-13-7-8-14-26(23)33)30-28(32-29)25-17-24-19-10-4-3-9-18(19)15-16-22(24)20-11-5-6-12-21(20)25/h4-5,10-11,15-16,18-19,23,25-26,28,33H,2-3,6-9,12-14,17H2,1H3,(H,30,31,32). The molecule has 1 saturated carbocycles. The van der Waals surface area contributed by atoms with Crippen molar-refractivity contribution in [1.82, 2.24) is 5.32 Å². The van der Waals surface area contributed by atoms with Gasteiger partial charge in [0.1, 0.15) is 12.0 Å². The van der Waals surface area contributed by atoms with Gasteiger partial charge in [-0.15, -0.1) is 0 Å². The second-order valence-electron chi connectivity index (χ2n) is 10.6. The van der Waals surface area contributed by atoms with E-state index in [0.717, 1.165) is 50.8 Å². The summed E-state index contributed by atoms with van der Waals surface area (Å²) in [7, 11) is 0. The van der Waals surface area contributed by atoms with Crippen molar-refractivity contribution in [2.45, 2.75) is 77.0 Å². The smallest absolute Gasteiger partial charge is 0.315 e. The van der Waals surface area contributed by atoms with Gasteiger partial charge in [0, 0.05) is 17.8 Å². The zero-order valence-electron chi connectivity index (χ0n) is 20.2. The van der Waals surface area contributed by atoms with Crippen LogP contribution in [0.3, 0.4) is 0 Å². The highest BCUT2D eigenvalue weighted by molar-refractivity contribution is 5.97. The van der Waals surface area contributed by atoms with Crippen molar-refractivity contribution in [1.29, 1.82) is 0 Å². The molecule has 2 N–H and O–H groups in total. The molecule has 6 rings (SSSR count). The molecule has 6 unspecified atom stereocenters. The lowest BCUT2D eigenvalue weighted by Gasteiger charge is -2.42. The molecule has 1 fully saturated rings. The Kier molecular flexibility index (Phi) is 6.06. The number of aliphatic hydroxyl groups excluding tert-OH is 1. The Morgan fingerprint density at radius 2 is 1.88 bits per heavy atom. The first kappa shape index (κ1) is 22.1. The number of hydrogen-bond acceptors (Lipinski definition) is 5. The van der Waals surface area contributed by atoms with Crippen LogP contribution in [0.4, 0.5) is 0 Å². The maximum Gasteiger partial charge on any atom is 0.315 e. The second kappa shape index (κ2) is 9.33. The van der Waals surface area contributed by atoms with E-state index < -0.39 is 0 Å². The average Bonchev–Trinajstić information content (AvgIpc) is 2.88. The van der Waals surface area contributed by atoms with E-state index in [0.29, 0.717) is 24.5 Å². The molecule has 5 heteroatoms. The minimum atomic E-state index is -0.341. The summed E-state index contributed by atoms with van der Waals surface area (Å²) in [6, 6.07) is 0.478. The van der Waals surface area contributed by atoms with Crippen LogP contribution in [0.15, 0.2) is 68.7 Å². The highest BCUT2D eigenvalue weighted by atomic mass is 16.5. The van der Waals surface area contributed by atoms with Gasteiger partial charge in [0.15, 0.2) is 0 Å². The molecular weight excluding hydrogens is 422 g/mol. The van der Waals surface area contributed by atoms with Gasteiger partial charge in [0.2, 0.25) is 0 Å². The van der Waals surface area contributed by atoms with Crippen LogP contribution in [-0.4, -0.2) is 35.8 Å². The Bertz CT molecular complexity index is 1040. The van der Waals surface area contributed by atoms with Crippen molar-refractivity contribution in [3.8, 4) is 0 Å². The van der Waals surface area contributed by atoms with Crippen LogP contribution in [0.1, 0.15) is 64.7 Å². The van der Waals surface area contributed by atoms with E-state index in [1.165, 1.54) is 29.6 Å². The summed E-state index contributed by atoms with van der Waals surface area (Å²) in [5.41, 5.74) is 5.97. The summed E-state index contributed by atoms with van der Waals surface area (Å²) in [5.74, 6) is 2.33. The molecule has 0 amide bonds. The molecule has 1 heterocycles. The van der Waals surface area contributed by atoms with Crippen molar-refractivity contribution >= 4 is 11.9 Å². The first-order valence-electron chi connectivity index (χ1n) is 13.4. The molecule has 0 saturated heterocycles. The number of aliphatic imine (C=N–C) groups is 2. The van der Waals surface area contributed by atoms with Gasteiger partial charge in [0.25, 0.3) is 0 Å². The highest BCUT2D eigenvalue weighted by Gasteiger charge is 2.41. The predicted molar refractivity (Wildman–Crippen MR) is 136 cm³/mol. The van der Waals surface area contributed by atoms with Crippen LogP contribution in [0.25, 0.3) is 0 Å². The van der Waals surface area contributed by atoms with Crippen LogP contribution in [0.5, 0.6) is 0 Å². The van der Waals surface area contributed by atoms with Gasteiger partial charge in [0.05, 0.1) is 12.7 Å². The van der Waals surface area contributed by atoms with Crippen LogP contribution in [0, 0.1) is 23.7 Å². The summed E-state index contributed by atoms with van der Waals surface area (Å²) >= 11 is 0. The first-order chi connectivity index (χ1) is 16.7. The Labute approximate surface area is 203 Å². The maximum atomic E-state index is 10.8. The fourth-order valence-corrected chi connectivity index (χ4v) is 6.93. The molecule has 6 atom stereocenters. The number of nitrogens with one attached hydrogen (secondary N) is 1. The maximum absolute atomic E-state index is 10.8. The number of ether oxygens (including phenoxy) is 1. The molecule has 180 valence electrons. The Hall–Kier alpha value is -2.40. The van der Waals surface area contributed by atoms with E-state index in [1.54, 1.807) is 5.57 Å². The predicted octanol–water partition coefficient (Wildman–Crippen LogP) is 5.37. The zero-order chi connectivity index (χ0) is 23.1. The van der Waals surface area contributed by atoms with Crippen molar-refractivity contribution in [2.75, 3.05) is 6.61 Å². The summed E-state index contributed by atoms with van der Waals surface area (Å²) in [6.07, 6.45) is 23.6. The lowest BCUT2D eigenvalue weighted by Crippen LogP contribution is -2.50. The van der Waals surface area contributed by atoms with Gasteiger partial charge >= 0.3 is 6.02 Å². The molecular formula is C29H37N3O2. The van der Waals surface area contributed by atoms with Gasteiger partial charge in [-0.3, -0.25) is 0 Å². The minimum absolute atomic E-state index is 0.0450. The van der Waals surface area contributed by atoms with Gasteiger partial charge in [-0.25, -0.2) is 4.99 Å². The third kappa shape index (κ3) is 3.92. The van der Waals surface area contributed by atoms with E-state index in [9.17, 15) is 5.11 Å². The molecule has 5 nitrogen and oxygen atoms in total. The Balaban J connectivity index is 1.36. The van der Waals surface area contributed by atoms with Gasteiger partial charge in [-0.1, -0.05) is 60.4 Å². The van der Waals surface area contributed by atoms with Crippen molar-refractivity contribution in [3.63, 3.8) is 0 Å². The summed E-state index contributed by atoms with van der Waals surface area (Å²) in [4.78, 5) is 9.75. The van der Waals surface area contributed by atoms with E-state index in [2.05, 4.69) is 41.8 Å². The van der Waals surface area contributed by atoms with Gasteiger partial charge in [-0.2, -0.15) is 4.99 Å². The topological polar surface area (TPSA) is 66.2 Å². The molecule has 0 radical (unpaired) electrons. The quantitative estimate of drug-likeness (QED) is 0.558. The molecule has 5 aliphatic carbocycles. The molecule has 6 aliphatic rings. The van der Waals surface area contributed by atoms with E-state index >= 15 is 0 Å². The number of amidine groups is 2. The lowest BCUT2D eigenvalue weighted by atomic mass is 9.65. The Morgan fingerprint density at radius 3 is 2.76 bits per heavy atom. The molecule has 0 bridgehead atoms. The second-order valence-corrected chi connectivity index (χ2v) is 10.6. The Morgan fingerprint density at radius 1 is 1.00 bits per heavy atom. The summed E-state index contributed by atoms with van der Waals surface area (Å²) < 4.78 is 5.87. The average molecular weight is 460 g/mol. The van der Waals surface area contributed by atoms with Gasteiger partial charge in [-0.05, 0) is 68.9 Å². The fourth-order valence-electron chi connectivity index (χ4n) is 6.93. The van der Waals surface area contributed by atoms with E-state index in [4.69, 9.17) is 14.7 Å². The van der Waals surface area contributed by atoms with Crippen LogP contribution in [-0.2, 0) is 4.74 Å². The first-order valence-corrected chi connectivity index (χ1v) is 13.4. The zero-order valence-corrected chi connectivity index (χ0v) is 20.2. The van der Waals surface area contributed by atoms with Crippen LogP contribution < -0.4 is 5.32 Å². The molecule has 34 heavy (non-hydrogen) atoms. The normalized spacial score (nSPS) is 36.8. The molecule has 0 aromatic carbocycles. The van der Waals surface area contributed by atoms with Crippen molar-refractivity contribution < 1.29 is 9.84 Å². The number of hydrogen-bond donors (Lipinski definition) is 2. The fraction of sp³-hybridized carbons (Fsp3) is 0.586. The molecule has 0 aromatic heterocycles. The minimum Gasteiger partial charge on any atom is -0.464 e. The van der Waals surface area contributed by atoms with E-state index in [1.807, 2.05) is 6.92 Å². The third-order valence-corrected chi connectivity index (χ3v) is 8.61. The number of rotatable bonds is 3. The number of fused-ring (bicyclic) bond motifs is 3. The molecule has 0 aromatic rings. The van der Waals surface area contributed by atoms with Crippen LogP contribution >= 0.6 is 0 Å². The number of nitrogens with zero attached hydrogens (tertiary/aromatic N) is 2. The summed E-state index contributed by atoms with van der Waals surface area (Å²) in [6.45, 7) is 2.53. The van der Waals surface area contributed by atoms with E-state index in [-0.39, 0.29) is 24.1 Å². The summed E-state index contributed by atoms with van der Waals surface area (Å²) in [5, 5.41) is 14.5. The van der Waals surface area contributed by atoms with Gasteiger partial charge < -0.3 is 15.2 Å². The SMILES string of the molecule is CCOC1=NC(C2CC3=C(C=CC4CCC=CC34)C3=C2CCC=C3)NC(C2CCCCC2O)=N1. The number of allylic oxidation sites excluding steroid dienone is 9. The largest absolute Gasteiger partial charge is 0.464 e. The molecule has 0 spiro atoms. The van der Waals surface area contributed by atoms with Crippen LogP contribution in [0.2, 0.25) is 0 Å². The van der Waals surface area contributed by atoms with Crippen molar-refractivity contribution in [2.24, 2.45) is 33.7 Å².